The van der Waals surface area contributed by atoms with E-state index in [2.05, 4.69) is 4.74 Å². The highest BCUT2D eigenvalue weighted by Crippen LogP contribution is 2.34. The van der Waals surface area contributed by atoms with Gasteiger partial charge < -0.3 is 9.84 Å². The van der Waals surface area contributed by atoms with Crippen LogP contribution >= 0.6 is 22.6 Å². The number of halogens is 1. The van der Waals surface area contributed by atoms with Gasteiger partial charge in [-0.1, -0.05) is 22.6 Å². The number of nitrogens with zero attached hydrogens (tertiary/aromatic N) is 1. The van der Waals surface area contributed by atoms with Crippen LogP contribution in [0.25, 0.3) is 0 Å². The minimum Gasteiger partial charge on any atom is -0.449 e. The number of hydrogen-bond acceptors (Lipinski definition) is 4. The largest absolute Gasteiger partial charge is 0.511 e. The first-order chi connectivity index (χ1) is 7.41. The van der Waals surface area contributed by atoms with E-state index < -0.39 is 11.1 Å². The summed E-state index contributed by atoms with van der Waals surface area (Å²) in [5.74, 6) is 0.125. The van der Waals surface area contributed by atoms with E-state index in [9.17, 15) is 14.9 Å². The Hall–Kier alpha value is -1.38. The van der Waals surface area contributed by atoms with Crippen LogP contribution in [0.15, 0.2) is 18.2 Å². The molecule has 0 aliphatic carbocycles. The minimum absolute atomic E-state index is 0.0868. The van der Waals surface area contributed by atoms with Crippen molar-refractivity contribution < 1.29 is 19.6 Å². The van der Waals surface area contributed by atoms with E-state index in [4.69, 9.17) is 5.11 Å². The first-order valence-electron chi connectivity index (χ1n) is 4.25. The van der Waals surface area contributed by atoms with E-state index in [0.29, 0.717) is 5.56 Å². The fourth-order valence-electron chi connectivity index (χ4n) is 1.15. The third-order valence-electron chi connectivity index (χ3n) is 1.83. The van der Waals surface area contributed by atoms with Crippen molar-refractivity contribution in [3.8, 4) is 5.75 Å². The molecule has 1 atom stereocenters. The molecule has 0 heterocycles. The van der Waals surface area contributed by atoms with Gasteiger partial charge in [0.25, 0.3) is 5.69 Å². The SMILES string of the molecule is CC(I)c1cc([N+](=O)[O-])ccc1OC(=O)O. The van der Waals surface area contributed by atoms with Gasteiger partial charge in [-0.3, -0.25) is 10.1 Å². The van der Waals surface area contributed by atoms with E-state index in [0.717, 1.165) is 0 Å². The van der Waals surface area contributed by atoms with E-state index in [1.165, 1.54) is 18.2 Å². The lowest BCUT2D eigenvalue weighted by Crippen LogP contribution is -2.06. The van der Waals surface area contributed by atoms with E-state index >= 15 is 0 Å². The lowest BCUT2D eigenvalue weighted by molar-refractivity contribution is -0.384. The van der Waals surface area contributed by atoms with Crippen LogP contribution in [0.4, 0.5) is 10.5 Å². The third kappa shape index (κ3) is 3.05. The molecule has 0 spiro atoms. The van der Waals surface area contributed by atoms with Crippen molar-refractivity contribution in [2.75, 3.05) is 0 Å². The highest BCUT2D eigenvalue weighted by molar-refractivity contribution is 14.1. The van der Waals surface area contributed by atoms with Gasteiger partial charge in [-0.15, -0.1) is 0 Å². The predicted octanol–water partition coefficient (Wildman–Crippen LogP) is 3.15. The summed E-state index contributed by atoms with van der Waals surface area (Å²) in [5, 5.41) is 19.0. The van der Waals surface area contributed by atoms with Gasteiger partial charge in [0, 0.05) is 21.6 Å². The Labute approximate surface area is 105 Å². The highest BCUT2D eigenvalue weighted by atomic mass is 127. The number of ether oxygens (including phenoxy) is 1. The molecule has 0 aliphatic rings. The molecule has 16 heavy (non-hydrogen) atoms. The Kier molecular flexibility index (Phi) is 4.05. The highest BCUT2D eigenvalue weighted by Gasteiger charge is 2.16. The molecule has 1 unspecified atom stereocenters. The Morgan fingerprint density at radius 3 is 2.69 bits per heavy atom. The summed E-state index contributed by atoms with van der Waals surface area (Å²) in [6.45, 7) is 1.79. The van der Waals surface area contributed by atoms with E-state index in [1.54, 1.807) is 6.92 Å². The molecule has 0 aromatic heterocycles. The van der Waals surface area contributed by atoms with Crippen LogP contribution in [-0.4, -0.2) is 16.2 Å². The van der Waals surface area contributed by atoms with Crippen molar-refractivity contribution in [1.82, 2.24) is 0 Å². The molecule has 0 amide bonds. The monoisotopic (exact) mass is 337 g/mol. The van der Waals surface area contributed by atoms with Gasteiger partial charge in [0.05, 0.1) is 4.92 Å². The van der Waals surface area contributed by atoms with Gasteiger partial charge in [-0.2, -0.15) is 0 Å². The topological polar surface area (TPSA) is 89.7 Å². The number of alkyl halides is 1. The van der Waals surface area contributed by atoms with Gasteiger partial charge in [-0.05, 0) is 13.0 Å². The zero-order valence-corrected chi connectivity index (χ0v) is 10.4. The number of benzene rings is 1. The molecule has 6 nitrogen and oxygen atoms in total. The standard InChI is InChI=1S/C9H8INO5/c1-5(10)7-4-6(11(14)15)2-3-8(7)16-9(12)13/h2-5H,1H3,(H,12,13). The molecular formula is C9H8INO5. The summed E-state index contributed by atoms with van der Waals surface area (Å²) in [6.07, 6.45) is -1.44. The van der Waals surface area contributed by atoms with Crippen molar-refractivity contribution in [3.05, 3.63) is 33.9 Å². The van der Waals surface area contributed by atoms with Crippen LogP contribution < -0.4 is 4.74 Å². The summed E-state index contributed by atoms with van der Waals surface area (Å²) in [5.41, 5.74) is 0.397. The summed E-state index contributed by atoms with van der Waals surface area (Å²) in [6, 6.07) is 3.81. The molecular weight excluding hydrogens is 329 g/mol. The van der Waals surface area contributed by atoms with Crippen LogP contribution in [0.3, 0.4) is 0 Å². The van der Waals surface area contributed by atoms with Crippen molar-refractivity contribution >= 4 is 34.4 Å². The average molecular weight is 337 g/mol. The zero-order valence-electron chi connectivity index (χ0n) is 8.21. The molecule has 7 heteroatoms. The van der Waals surface area contributed by atoms with Crippen LogP contribution in [0.5, 0.6) is 5.75 Å². The van der Waals surface area contributed by atoms with Gasteiger partial charge in [0.15, 0.2) is 0 Å². The fourth-order valence-corrected chi connectivity index (χ4v) is 1.63. The van der Waals surface area contributed by atoms with Crippen LogP contribution in [0.1, 0.15) is 16.4 Å². The molecule has 0 saturated carbocycles. The predicted molar refractivity (Wildman–Crippen MR) is 64.2 cm³/mol. The number of carbonyl (C=O) groups is 1. The van der Waals surface area contributed by atoms with E-state index in [-0.39, 0.29) is 15.4 Å². The van der Waals surface area contributed by atoms with Crippen LogP contribution in [-0.2, 0) is 0 Å². The Morgan fingerprint density at radius 1 is 1.62 bits per heavy atom. The number of rotatable bonds is 3. The second-order valence-corrected chi connectivity index (χ2v) is 4.83. The van der Waals surface area contributed by atoms with Gasteiger partial charge in [0.2, 0.25) is 0 Å². The maximum atomic E-state index is 10.6. The first kappa shape index (κ1) is 12.7. The van der Waals surface area contributed by atoms with Gasteiger partial charge >= 0.3 is 6.16 Å². The summed E-state index contributed by atoms with van der Waals surface area (Å²) < 4.78 is 4.44. The number of nitro benzene ring substituents is 1. The summed E-state index contributed by atoms with van der Waals surface area (Å²) >= 11 is 2.03. The average Bonchev–Trinajstić information content (AvgIpc) is 2.16. The summed E-state index contributed by atoms with van der Waals surface area (Å²) in [7, 11) is 0. The van der Waals surface area contributed by atoms with Crippen molar-refractivity contribution in [1.29, 1.82) is 0 Å². The fraction of sp³-hybridized carbons (Fsp3) is 0.222. The first-order valence-corrected chi connectivity index (χ1v) is 5.49. The second-order valence-electron chi connectivity index (χ2n) is 2.96. The molecule has 0 fully saturated rings. The quantitative estimate of drug-likeness (QED) is 0.229. The second kappa shape index (κ2) is 5.10. The van der Waals surface area contributed by atoms with E-state index in [1.807, 2.05) is 22.6 Å². The molecule has 0 aliphatic heterocycles. The summed E-state index contributed by atoms with van der Waals surface area (Å²) in [4.78, 5) is 20.4. The number of hydrogen-bond donors (Lipinski definition) is 1. The lowest BCUT2D eigenvalue weighted by Gasteiger charge is -2.09. The van der Waals surface area contributed by atoms with Crippen molar-refractivity contribution in [2.24, 2.45) is 0 Å². The Morgan fingerprint density at radius 2 is 2.25 bits per heavy atom. The number of non-ortho nitro benzene ring substituents is 1. The zero-order chi connectivity index (χ0) is 12.3. The van der Waals surface area contributed by atoms with Crippen LogP contribution in [0.2, 0.25) is 0 Å². The van der Waals surface area contributed by atoms with Crippen molar-refractivity contribution in [3.63, 3.8) is 0 Å². The smallest absolute Gasteiger partial charge is 0.449 e. The molecule has 0 radical (unpaired) electrons. The minimum atomic E-state index is -1.44. The normalized spacial score (nSPS) is 11.9. The maximum absolute atomic E-state index is 10.6. The molecule has 1 aromatic rings. The molecule has 1 aromatic carbocycles. The molecule has 0 bridgehead atoms. The number of nitro groups is 1. The molecule has 86 valence electrons. The number of carboxylic acid groups (broad SMARTS) is 1. The lowest BCUT2D eigenvalue weighted by atomic mass is 10.1. The van der Waals surface area contributed by atoms with Gasteiger partial charge in [0.1, 0.15) is 5.75 Å². The maximum Gasteiger partial charge on any atom is 0.511 e. The molecule has 1 N–H and O–H groups in total. The van der Waals surface area contributed by atoms with Crippen molar-refractivity contribution in [2.45, 2.75) is 10.8 Å². The third-order valence-corrected chi connectivity index (χ3v) is 2.50. The molecule has 1 rings (SSSR count). The Balaban J connectivity index is 3.19. The molecule has 0 saturated heterocycles. The Bertz CT molecular complexity index is 432. The van der Waals surface area contributed by atoms with Crippen LogP contribution in [0, 0.1) is 10.1 Å². The van der Waals surface area contributed by atoms with Gasteiger partial charge in [-0.25, -0.2) is 4.79 Å².